The van der Waals surface area contributed by atoms with Gasteiger partial charge in [0.1, 0.15) is 0 Å². The number of hydrogen-bond donors (Lipinski definition) is 3. The lowest BCUT2D eigenvalue weighted by molar-refractivity contribution is -0.121. The molecule has 1 aliphatic carbocycles. The molecule has 1 fully saturated rings. The molecule has 7 nitrogen and oxygen atoms in total. The highest BCUT2D eigenvalue weighted by molar-refractivity contribution is 7.80. The van der Waals surface area contributed by atoms with Crippen molar-refractivity contribution in [2.45, 2.75) is 58.9 Å². The fraction of sp³-hybridized carbons (Fsp3) is 0.524. The minimum atomic E-state index is -0.186. The summed E-state index contributed by atoms with van der Waals surface area (Å²) >= 11 is 5.31. The lowest BCUT2D eigenvalue weighted by Gasteiger charge is -2.35. The Morgan fingerprint density at radius 2 is 1.97 bits per heavy atom. The molecule has 1 saturated carbocycles. The number of aryl methyl sites for hydroxylation is 2. The fourth-order valence-electron chi connectivity index (χ4n) is 3.58. The molecule has 1 aromatic carbocycles. The Balaban J connectivity index is 1.40. The molecular formula is C21H29N5O2S. The number of benzene rings is 1. The molecule has 0 unspecified atom stereocenters. The van der Waals surface area contributed by atoms with Crippen LogP contribution in [0.25, 0.3) is 11.4 Å². The van der Waals surface area contributed by atoms with Crippen LogP contribution in [0.5, 0.6) is 0 Å². The number of thiocarbonyl (C=S) groups is 1. The van der Waals surface area contributed by atoms with Gasteiger partial charge in [-0.3, -0.25) is 15.6 Å². The van der Waals surface area contributed by atoms with Gasteiger partial charge in [-0.15, -0.1) is 0 Å². The number of carbonyl (C=O) groups excluding carboxylic acids is 1. The smallest absolute Gasteiger partial charge is 0.238 e. The van der Waals surface area contributed by atoms with Crippen LogP contribution in [-0.4, -0.2) is 27.2 Å². The van der Waals surface area contributed by atoms with Gasteiger partial charge in [0.2, 0.25) is 17.6 Å². The predicted molar refractivity (Wildman–Crippen MR) is 116 cm³/mol. The van der Waals surface area contributed by atoms with E-state index in [0.717, 1.165) is 12.0 Å². The van der Waals surface area contributed by atoms with Gasteiger partial charge in [0.05, 0.1) is 0 Å². The Hall–Kier alpha value is -2.48. The average molecular weight is 416 g/mol. The standard InChI is InChI=1S/C21H29N5O2S/c1-13-7-9-16(10-8-13)20-23-19(28-26-20)12-11-18(27)24-25-21(29)22-17-6-4-5-14(2)15(17)3/h7-10,14-15,17H,4-6,11-12H2,1-3H3,(H,24,27)(H2,22,25,29)/t14-,15+,17-/m1/s1. The zero-order chi connectivity index (χ0) is 20.8. The average Bonchev–Trinajstić information content (AvgIpc) is 3.18. The number of aromatic nitrogens is 2. The maximum absolute atomic E-state index is 12.1. The molecule has 0 radical (unpaired) electrons. The van der Waals surface area contributed by atoms with E-state index >= 15 is 0 Å². The first-order valence-electron chi connectivity index (χ1n) is 10.2. The molecule has 156 valence electrons. The molecule has 1 amide bonds. The minimum Gasteiger partial charge on any atom is -0.358 e. The van der Waals surface area contributed by atoms with E-state index < -0.39 is 0 Å². The van der Waals surface area contributed by atoms with Crippen molar-refractivity contribution in [3.8, 4) is 11.4 Å². The zero-order valence-corrected chi connectivity index (χ0v) is 18.0. The van der Waals surface area contributed by atoms with Crippen molar-refractivity contribution in [2.24, 2.45) is 11.8 Å². The fourth-order valence-corrected chi connectivity index (χ4v) is 3.78. The van der Waals surface area contributed by atoms with Crippen LogP contribution >= 0.6 is 12.2 Å². The van der Waals surface area contributed by atoms with E-state index in [1.165, 1.54) is 18.4 Å². The number of carbonyl (C=O) groups is 1. The van der Waals surface area contributed by atoms with Gasteiger partial charge >= 0.3 is 0 Å². The highest BCUT2D eigenvalue weighted by Gasteiger charge is 2.27. The number of amides is 1. The maximum atomic E-state index is 12.1. The maximum Gasteiger partial charge on any atom is 0.238 e. The molecule has 0 bridgehead atoms. The van der Waals surface area contributed by atoms with Crippen LogP contribution in [0.2, 0.25) is 0 Å². The first kappa shape index (κ1) is 21.2. The van der Waals surface area contributed by atoms with Gasteiger partial charge < -0.3 is 9.84 Å². The summed E-state index contributed by atoms with van der Waals surface area (Å²) in [5.41, 5.74) is 7.48. The summed E-state index contributed by atoms with van der Waals surface area (Å²) in [7, 11) is 0. The molecule has 29 heavy (non-hydrogen) atoms. The van der Waals surface area contributed by atoms with Gasteiger partial charge in [-0.25, -0.2) is 0 Å². The quantitative estimate of drug-likeness (QED) is 0.510. The largest absolute Gasteiger partial charge is 0.358 e. The first-order valence-corrected chi connectivity index (χ1v) is 10.6. The summed E-state index contributed by atoms with van der Waals surface area (Å²) in [5.74, 6) is 2.01. The summed E-state index contributed by atoms with van der Waals surface area (Å²) in [6.07, 6.45) is 4.15. The highest BCUT2D eigenvalue weighted by atomic mass is 32.1. The third kappa shape index (κ3) is 6.00. The Morgan fingerprint density at radius 1 is 1.21 bits per heavy atom. The summed E-state index contributed by atoms with van der Waals surface area (Å²) in [4.78, 5) is 16.4. The minimum absolute atomic E-state index is 0.186. The summed E-state index contributed by atoms with van der Waals surface area (Å²) in [6, 6.07) is 8.23. The number of nitrogens with one attached hydrogen (secondary N) is 3. The third-order valence-corrected chi connectivity index (χ3v) is 5.90. The van der Waals surface area contributed by atoms with Crippen molar-refractivity contribution in [3.63, 3.8) is 0 Å². The van der Waals surface area contributed by atoms with Crippen LogP contribution in [0, 0.1) is 18.8 Å². The van der Waals surface area contributed by atoms with E-state index in [1.54, 1.807) is 0 Å². The number of rotatable bonds is 5. The predicted octanol–water partition coefficient (Wildman–Crippen LogP) is 3.30. The Morgan fingerprint density at radius 3 is 2.72 bits per heavy atom. The van der Waals surface area contributed by atoms with Crippen LogP contribution in [-0.2, 0) is 11.2 Å². The van der Waals surface area contributed by atoms with E-state index in [2.05, 4.69) is 40.2 Å². The van der Waals surface area contributed by atoms with Crippen molar-refractivity contribution in [2.75, 3.05) is 0 Å². The lowest BCUT2D eigenvalue weighted by Crippen LogP contribution is -2.52. The van der Waals surface area contributed by atoms with Gasteiger partial charge in [0.15, 0.2) is 5.11 Å². The Kier molecular flexibility index (Phi) is 7.19. The molecule has 1 heterocycles. The molecule has 0 spiro atoms. The van der Waals surface area contributed by atoms with Gasteiger partial charge in [-0.05, 0) is 37.4 Å². The van der Waals surface area contributed by atoms with Crippen LogP contribution in [0.3, 0.4) is 0 Å². The van der Waals surface area contributed by atoms with Crippen molar-refractivity contribution >= 4 is 23.2 Å². The van der Waals surface area contributed by atoms with E-state index in [9.17, 15) is 4.79 Å². The molecule has 8 heteroatoms. The van der Waals surface area contributed by atoms with Gasteiger partial charge in [0, 0.05) is 24.4 Å². The first-order chi connectivity index (χ1) is 13.9. The van der Waals surface area contributed by atoms with E-state index in [4.69, 9.17) is 16.7 Å². The summed E-state index contributed by atoms with van der Waals surface area (Å²) in [6.45, 7) is 6.55. The van der Waals surface area contributed by atoms with Gasteiger partial charge in [-0.2, -0.15) is 4.98 Å². The van der Waals surface area contributed by atoms with E-state index in [-0.39, 0.29) is 12.3 Å². The molecule has 1 aliphatic rings. The van der Waals surface area contributed by atoms with Crippen LogP contribution in [0.15, 0.2) is 28.8 Å². The molecular weight excluding hydrogens is 386 g/mol. The SMILES string of the molecule is Cc1ccc(-c2noc(CCC(=O)NNC(=S)N[C@@H]3CCC[C@@H](C)[C@@H]3C)n2)cc1. The second-order valence-corrected chi connectivity index (χ2v) is 8.31. The van der Waals surface area contributed by atoms with E-state index in [1.807, 2.05) is 31.2 Å². The second-order valence-electron chi connectivity index (χ2n) is 7.90. The molecule has 3 N–H and O–H groups in total. The molecule has 1 aromatic heterocycles. The highest BCUT2D eigenvalue weighted by Crippen LogP contribution is 2.29. The third-order valence-electron chi connectivity index (χ3n) is 5.68. The van der Waals surface area contributed by atoms with Gasteiger partial charge in [-0.1, -0.05) is 61.7 Å². The van der Waals surface area contributed by atoms with Crippen molar-refractivity contribution < 1.29 is 9.32 Å². The lowest BCUT2D eigenvalue weighted by atomic mass is 9.78. The molecule has 3 rings (SSSR count). The molecule has 2 aromatic rings. The van der Waals surface area contributed by atoms with Crippen molar-refractivity contribution in [1.29, 1.82) is 0 Å². The van der Waals surface area contributed by atoms with Crippen LogP contribution in [0.4, 0.5) is 0 Å². The summed E-state index contributed by atoms with van der Waals surface area (Å²) < 4.78 is 5.25. The van der Waals surface area contributed by atoms with Gasteiger partial charge in [0.25, 0.3) is 0 Å². The Bertz CT molecular complexity index is 836. The molecule has 0 saturated heterocycles. The molecule has 3 atom stereocenters. The topological polar surface area (TPSA) is 92.1 Å². The van der Waals surface area contributed by atoms with E-state index in [0.29, 0.717) is 41.1 Å². The van der Waals surface area contributed by atoms with Crippen LogP contribution < -0.4 is 16.2 Å². The number of hydrazine groups is 1. The summed E-state index contributed by atoms with van der Waals surface area (Å²) in [5, 5.41) is 7.75. The van der Waals surface area contributed by atoms with Crippen molar-refractivity contribution in [3.05, 3.63) is 35.7 Å². The number of nitrogens with zero attached hydrogens (tertiary/aromatic N) is 2. The number of hydrogen-bond acceptors (Lipinski definition) is 5. The van der Waals surface area contributed by atoms with Crippen molar-refractivity contribution in [1.82, 2.24) is 26.3 Å². The second kappa shape index (κ2) is 9.82. The normalized spacial score (nSPS) is 21.4. The molecule has 0 aliphatic heterocycles. The monoisotopic (exact) mass is 415 g/mol. The van der Waals surface area contributed by atoms with Crippen LogP contribution in [0.1, 0.15) is 51.0 Å². The Labute approximate surface area is 177 Å². The zero-order valence-electron chi connectivity index (χ0n) is 17.2.